The maximum absolute atomic E-state index is 5.63. The maximum atomic E-state index is 5.63. The molecular formula is C56H35N3S. The molecule has 0 N–H and O–H groups in total. The van der Waals surface area contributed by atoms with Crippen molar-refractivity contribution < 1.29 is 0 Å². The number of fused-ring (bicyclic) bond motifs is 8. The topological polar surface area (TPSA) is 38.7 Å². The molecule has 60 heavy (non-hydrogen) atoms. The quantitative estimate of drug-likeness (QED) is 0.163. The molecule has 4 heteroatoms. The van der Waals surface area contributed by atoms with Gasteiger partial charge in [-0.2, -0.15) is 0 Å². The van der Waals surface area contributed by atoms with E-state index in [-0.39, 0.29) is 0 Å². The van der Waals surface area contributed by atoms with E-state index in [1.54, 1.807) is 0 Å². The summed E-state index contributed by atoms with van der Waals surface area (Å²) >= 11 is 1.83. The number of hydrogen-bond donors (Lipinski definition) is 0. The van der Waals surface area contributed by atoms with Gasteiger partial charge in [0.2, 0.25) is 0 Å². The van der Waals surface area contributed by atoms with E-state index in [1.165, 1.54) is 53.0 Å². The van der Waals surface area contributed by atoms with Gasteiger partial charge < -0.3 is 0 Å². The van der Waals surface area contributed by atoms with Crippen LogP contribution in [0.25, 0.3) is 119 Å². The summed E-state index contributed by atoms with van der Waals surface area (Å²) in [7, 11) is 0. The van der Waals surface area contributed by atoms with Crippen molar-refractivity contribution in [3.63, 3.8) is 0 Å². The molecule has 0 amide bonds. The fourth-order valence-electron chi connectivity index (χ4n) is 9.33. The Balaban J connectivity index is 1.17. The van der Waals surface area contributed by atoms with Crippen LogP contribution in [0.5, 0.6) is 0 Å². The van der Waals surface area contributed by atoms with Crippen molar-refractivity contribution >= 4 is 74.9 Å². The Morgan fingerprint density at radius 3 is 1.87 bits per heavy atom. The molecule has 0 radical (unpaired) electrons. The van der Waals surface area contributed by atoms with Crippen molar-refractivity contribution in [2.24, 2.45) is 0 Å². The van der Waals surface area contributed by atoms with Crippen molar-refractivity contribution in [1.29, 1.82) is 0 Å². The van der Waals surface area contributed by atoms with Crippen molar-refractivity contribution in [2.45, 2.75) is 6.92 Å². The molecule has 0 spiro atoms. The predicted molar refractivity (Wildman–Crippen MR) is 255 cm³/mol. The largest absolute Gasteiger partial charge is 0.256 e. The predicted octanol–water partition coefficient (Wildman–Crippen LogP) is 15.5. The molecule has 0 saturated carbocycles. The number of aromatic nitrogens is 3. The van der Waals surface area contributed by atoms with Gasteiger partial charge in [0.15, 0.2) is 0 Å². The van der Waals surface area contributed by atoms with Gasteiger partial charge >= 0.3 is 0 Å². The standard InChI is InChI=1S/C56H35N3S/c1-34-51(35-15-3-2-4-16-35)56-55(46-25-11-12-27-50(46)60-56)59-52(34)40-30-38(48-32-37-17-5-6-20-41(37)42-21-7-8-22-43(42)48)29-39(31-40)49-33-58-54(45-24-10-9-23-44(45)49)47-26-13-18-36-19-14-28-57-53(36)47/h2-33H,1H3. The summed E-state index contributed by atoms with van der Waals surface area (Å²) in [5, 5.41) is 9.42. The minimum absolute atomic E-state index is 0.926. The minimum Gasteiger partial charge on any atom is -0.256 e. The van der Waals surface area contributed by atoms with E-state index in [4.69, 9.17) is 15.0 Å². The van der Waals surface area contributed by atoms with Crippen LogP contribution >= 0.6 is 11.3 Å². The van der Waals surface area contributed by atoms with E-state index >= 15 is 0 Å². The molecule has 0 bridgehead atoms. The second kappa shape index (κ2) is 13.8. The smallest absolute Gasteiger partial charge is 0.0902 e. The Hall–Kier alpha value is -7.53. The average Bonchev–Trinajstić information content (AvgIpc) is 3.68. The first-order valence-electron chi connectivity index (χ1n) is 20.3. The van der Waals surface area contributed by atoms with Crippen LogP contribution in [0.1, 0.15) is 5.56 Å². The second-order valence-electron chi connectivity index (χ2n) is 15.5. The second-order valence-corrected chi connectivity index (χ2v) is 16.6. The van der Waals surface area contributed by atoms with E-state index in [2.05, 4.69) is 189 Å². The molecule has 0 aliphatic heterocycles. The maximum Gasteiger partial charge on any atom is 0.0902 e. The number of thiophene rings is 1. The molecule has 8 aromatic carbocycles. The minimum atomic E-state index is 0.926. The molecule has 4 aromatic heterocycles. The molecule has 0 saturated heterocycles. The van der Waals surface area contributed by atoms with Crippen molar-refractivity contribution in [3.8, 4) is 55.9 Å². The van der Waals surface area contributed by atoms with Gasteiger partial charge in [0, 0.05) is 55.5 Å². The van der Waals surface area contributed by atoms with Gasteiger partial charge in [-0.1, -0.05) is 146 Å². The Labute approximate surface area is 350 Å². The van der Waals surface area contributed by atoms with Crippen LogP contribution in [0.15, 0.2) is 194 Å². The first-order valence-corrected chi connectivity index (χ1v) is 21.2. The van der Waals surface area contributed by atoms with Gasteiger partial charge in [-0.25, -0.2) is 4.98 Å². The number of para-hydroxylation sites is 1. The fourth-order valence-corrected chi connectivity index (χ4v) is 10.6. The number of rotatable bonds is 5. The van der Waals surface area contributed by atoms with Crippen LogP contribution in [0.2, 0.25) is 0 Å². The van der Waals surface area contributed by atoms with Crippen LogP contribution < -0.4 is 0 Å². The highest BCUT2D eigenvalue weighted by Gasteiger charge is 2.22. The molecule has 12 rings (SSSR count). The summed E-state index contributed by atoms with van der Waals surface area (Å²) in [6, 6.07) is 65.5. The zero-order valence-corrected chi connectivity index (χ0v) is 33.5. The molecule has 0 atom stereocenters. The molecule has 0 fully saturated rings. The van der Waals surface area contributed by atoms with Crippen LogP contribution in [-0.2, 0) is 0 Å². The lowest BCUT2D eigenvalue weighted by Crippen LogP contribution is -1.96. The van der Waals surface area contributed by atoms with E-state index < -0.39 is 0 Å². The Bertz CT molecular complexity index is 3670. The van der Waals surface area contributed by atoms with Crippen molar-refractivity contribution in [2.75, 3.05) is 0 Å². The van der Waals surface area contributed by atoms with E-state index in [0.717, 1.165) is 72.0 Å². The van der Waals surface area contributed by atoms with E-state index in [0.29, 0.717) is 0 Å². The monoisotopic (exact) mass is 781 g/mol. The summed E-state index contributed by atoms with van der Waals surface area (Å²) in [5.74, 6) is 0. The Morgan fingerprint density at radius 2 is 1.03 bits per heavy atom. The van der Waals surface area contributed by atoms with Gasteiger partial charge in [-0.05, 0) is 98.1 Å². The molecule has 3 nitrogen and oxygen atoms in total. The van der Waals surface area contributed by atoms with Gasteiger partial charge in [0.1, 0.15) is 0 Å². The average molecular weight is 782 g/mol. The van der Waals surface area contributed by atoms with Crippen LogP contribution in [0.3, 0.4) is 0 Å². The van der Waals surface area contributed by atoms with Crippen molar-refractivity contribution in [1.82, 2.24) is 15.0 Å². The zero-order chi connectivity index (χ0) is 39.7. The number of nitrogens with zero attached hydrogens (tertiary/aromatic N) is 3. The Kier molecular flexibility index (Phi) is 7.94. The van der Waals surface area contributed by atoms with Crippen LogP contribution in [0.4, 0.5) is 0 Å². The summed E-state index contributed by atoms with van der Waals surface area (Å²) in [6.45, 7) is 2.25. The van der Waals surface area contributed by atoms with E-state index in [9.17, 15) is 0 Å². The first-order chi connectivity index (χ1) is 29.7. The third-order valence-electron chi connectivity index (χ3n) is 12.1. The third-order valence-corrected chi connectivity index (χ3v) is 13.3. The highest BCUT2D eigenvalue weighted by atomic mass is 32.1. The summed E-state index contributed by atoms with van der Waals surface area (Å²) in [6.07, 6.45) is 3.92. The first kappa shape index (κ1) is 34.5. The molecular weight excluding hydrogens is 747 g/mol. The number of hydrogen-bond acceptors (Lipinski definition) is 4. The van der Waals surface area contributed by atoms with Crippen molar-refractivity contribution in [3.05, 3.63) is 200 Å². The molecule has 0 aliphatic rings. The van der Waals surface area contributed by atoms with Gasteiger partial charge in [0.25, 0.3) is 0 Å². The summed E-state index contributed by atoms with van der Waals surface area (Å²) in [5.41, 5.74) is 14.1. The van der Waals surface area contributed by atoms with Crippen LogP contribution in [-0.4, -0.2) is 15.0 Å². The number of pyridine rings is 3. The zero-order valence-electron chi connectivity index (χ0n) is 32.7. The lowest BCUT2D eigenvalue weighted by atomic mass is 9.88. The molecule has 4 heterocycles. The van der Waals surface area contributed by atoms with E-state index in [1.807, 2.05) is 23.6 Å². The summed E-state index contributed by atoms with van der Waals surface area (Å²) < 4.78 is 2.46. The lowest BCUT2D eigenvalue weighted by Gasteiger charge is -2.18. The fraction of sp³-hybridized carbons (Fsp3) is 0.0179. The third kappa shape index (κ3) is 5.46. The normalized spacial score (nSPS) is 11.8. The molecule has 0 unspecified atom stereocenters. The number of benzene rings is 8. The lowest BCUT2D eigenvalue weighted by molar-refractivity contribution is 1.33. The summed E-state index contributed by atoms with van der Waals surface area (Å²) in [4.78, 5) is 15.7. The van der Waals surface area contributed by atoms with Gasteiger partial charge in [0.05, 0.1) is 27.1 Å². The Morgan fingerprint density at radius 1 is 0.400 bits per heavy atom. The molecule has 0 aliphatic carbocycles. The van der Waals surface area contributed by atoms with Gasteiger partial charge in [-0.15, -0.1) is 11.3 Å². The van der Waals surface area contributed by atoms with Crippen LogP contribution in [0, 0.1) is 6.92 Å². The van der Waals surface area contributed by atoms with Gasteiger partial charge in [-0.3, -0.25) is 9.97 Å². The molecule has 12 aromatic rings. The SMILES string of the molecule is Cc1c(-c2cc(-c3cnc(-c4cccc5cccnc45)c4ccccc34)cc(-c3cc4ccccc4c4ccccc34)c2)nc2c(sc3ccccc32)c1-c1ccccc1. The highest BCUT2D eigenvalue weighted by Crippen LogP contribution is 2.46. The molecule has 280 valence electrons. The highest BCUT2D eigenvalue weighted by molar-refractivity contribution is 7.26.